The first-order valence-electron chi connectivity index (χ1n) is 6.50. The molecule has 0 aliphatic heterocycles. The normalized spacial score (nSPS) is 11.2. The lowest BCUT2D eigenvalue weighted by molar-refractivity contribution is 0.444. The van der Waals surface area contributed by atoms with E-state index >= 15 is 0 Å². The van der Waals surface area contributed by atoms with E-state index in [0.717, 1.165) is 36.9 Å². The van der Waals surface area contributed by atoms with Crippen molar-refractivity contribution in [2.75, 3.05) is 6.54 Å². The molecule has 2 nitrogen and oxygen atoms in total. The molecule has 1 aromatic rings. The van der Waals surface area contributed by atoms with Crippen LogP contribution in [0.5, 0.6) is 0 Å². The third kappa shape index (κ3) is 5.36. The summed E-state index contributed by atoms with van der Waals surface area (Å²) in [6.45, 7) is 8.63. The summed E-state index contributed by atoms with van der Waals surface area (Å²) in [5.74, 6) is 2.97. The number of rotatable bonds is 8. The van der Waals surface area contributed by atoms with Gasteiger partial charge < -0.3 is 9.73 Å². The molecule has 0 aliphatic rings. The minimum Gasteiger partial charge on any atom is -0.465 e. The number of nitrogens with one attached hydrogen (secondary N) is 1. The van der Waals surface area contributed by atoms with E-state index in [1.54, 1.807) is 0 Å². The molecule has 1 N–H and O–H groups in total. The van der Waals surface area contributed by atoms with E-state index in [0.29, 0.717) is 0 Å². The molecule has 1 aromatic heterocycles. The molecule has 0 aliphatic carbocycles. The number of furan rings is 1. The first-order chi connectivity index (χ1) is 7.72. The van der Waals surface area contributed by atoms with Gasteiger partial charge in [-0.3, -0.25) is 0 Å². The zero-order chi connectivity index (χ0) is 11.8. The molecule has 0 aromatic carbocycles. The highest BCUT2D eigenvalue weighted by Crippen LogP contribution is 2.08. The van der Waals surface area contributed by atoms with Crippen LogP contribution in [0.1, 0.15) is 51.6 Å². The van der Waals surface area contributed by atoms with Crippen molar-refractivity contribution in [2.24, 2.45) is 5.92 Å². The van der Waals surface area contributed by atoms with Gasteiger partial charge in [0, 0.05) is 6.42 Å². The Hall–Kier alpha value is -0.760. The van der Waals surface area contributed by atoms with Gasteiger partial charge >= 0.3 is 0 Å². The fourth-order valence-electron chi connectivity index (χ4n) is 1.72. The molecule has 16 heavy (non-hydrogen) atoms. The van der Waals surface area contributed by atoms with Crippen LogP contribution in [-0.4, -0.2) is 6.54 Å². The average molecular weight is 223 g/mol. The van der Waals surface area contributed by atoms with Gasteiger partial charge in [-0.2, -0.15) is 0 Å². The van der Waals surface area contributed by atoms with Crippen LogP contribution < -0.4 is 5.32 Å². The largest absolute Gasteiger partial charge is 0.465 e. The smallest absolute Gasteiger partial charge is 0.117 e. The van der Waals surface area contributed by atoms with Gasteiger partial charge in [-0.1, -0.05) is 33.6 Å². The molecule has 0 atom stereocenters. The molecule has 0 saturated carbocycles. The van der Waals surface area contributed by atoms with Gasteiger partial charge in [0.1, 0.15) is 11.5 Å². The van der Waals surface area contributed by atoms with Crippen molar-refractivity contribution < 1.29 is 4.42 Å². The van der Waals surface area contributed by atoms with E-state index in [4.69, 9.17) is 4.42 Å². The van der Waals surface area contributed by atoms with Crippen molar-refractivity contribution in [3.8, 4) is 0 Å². The van der Waals surface area contributed by atoms with Crippen LogP contribution in [0.3, 0.4) is 0 Å². The van der Waals surface area contributed by atoms with E-state index in [2.05, 4.69) is 38.2 Å². The fraction of sp³-hybridized carbons (Fsp3) is 0.714. The zero-order valence-electron chi connectivity index (χ0n) is 10.9. The lowest BCUT2D eigenvalue weighted by Gasteiger charge is -2.05. The minimum atomic E-state index is 0.831. The van der Waals surface area contributed by atoms with Crippen LogP contribution in [0.15, 0.2) is 16.5 Å². The van der Waals surface area contributed by atoms with Gasteiger partial charge in [-0.25, -0.2) is 0 Å². The highest BCUT2D eigenvalue weighted by molar-refractivity contribution is 5.06. The van der Waals surface area contributed by atoms with Gasteiger partial charge in [0.15, 0.2) is 0 Å². The van der Waals surface area contributed by atoms with Gasteiger partial charge in [0.05, 0.1) is 6.54 Å². The molecule has 0 amide bonds. The molecule has 92 valence electrons. The lowest BCUT2D eigenvalue weighted by atomic mass is 10.1. The standard InChI is InChI=1S/C14H25NO/c1-4-13-8-9-14(16-13)11-15-10-6-5-7-12(2)3/h8-9,12,15H,4-7,10-11H2,1-3H3. The maximum absolute atomic E-state index is 5.62. The highest BCUT2D eigenvalue weighted by Gasteiger charge is 1.99. The molecule has 2 heteroatoms. The molecule has 1 heterocycles. The Balaban J connectivity index is 2.02. The Morgan fingerprint density at radius 1 is 1.19 bits per heavy atom. The molecule has 0 unspecified atom stereocenters. The fourth-order valence-corrected chi connectivity index (χ4v) is 1.72. The van der Waals surface area contributed by atoms with Crippen molar-refractivity contribution >= 4 is 0 Å². The van der Waals surface area contributed by atoms with E-state index in [1.165, 1.54) is 19.3 Å². The van der Waals surface area contributed by atoms with Gasteiger partial charge in [0.25, 0.3) is 0 Å². The number of aryl methyl sites for hydroxylation is 1. The summed E-state index contributed by atoms with van der Waals surface area (Å²) in [6, 6.07) is 4.13. The van der Waals surface area contributed by atoms with Crippen molar-refractivity contribution in [2.45, 2.75) is 53.0 Å². The third-order valence-electron chi connectivity index (χ3n) is 2.75. The molecular weight excluding hydrogens is 198 g/mol. The number of hydrogen-bond acceptors (Lipinski definition) is 2. The molecule has 0 bridgehead atoms. The minimum absolute atomic E-state index is 0.831. The maximum atomic E-state index is 5.62. The summed E-state index contributed by atoms with van der Waals surface area (Å²) < 4.78 is 5.62. The SMILES string of the molecule is CCc1ccc(CNCCCCC(C)C)o1. The second-order valence-electron chi connectivity index (χ2n) is 4.79. The molecule has 0 fully saturated rings. The van der Waals surface area contributed by atoms with Crippen LogP contribution in [0.4, 0.5) is 0 Å². The predicted octanol–water partition coefficient (Wildman–Crippen LogP) is 3.76. The second-order valence-corrected chi connectivity index (χ2v) is 4.79. The summed E-state index contributed by atoms with van der Waals surface area (Å²) >= 11 is 0. The van der Waals surface area contributed by atoms with Crippen molar-refractivity contribution in [1.82, 2.24) is 5.32 Å². The van der Waals surface area contributed by atoms with Crippen molar-refractivity contribution in [3.63, 3.8) is 0 Å². The Kier molecular flexibility index (Phi) is 6.24. The lowest BCUT2D eigenvalue weighted by Crippen LogP contribution is -2.14. The molecule has 0 saturated heterocycles. The predicted molar refractivity (Wildman–Crippen MR) is 68.5 cm³/mol. The van der Waals surface area contributed by atoms with E-state index in [-0.39, 0.29) is 0 Å². The van der Waals surface area contributed by atoms with Gasteiger partial charge in [-0.05, 0) is 31.0 Å². The van der Waals surface area contributed by atoms with Crippen LogP contribution in [0.25, 0.3) is 0 Å². The van der Waals surface area contributed by atoms with Crippen LogP contribution in [0.2, 0.25) is 0 Å². The summed E-state index contributed by atoms with van der Waals surface area (Å²) in [5.41, 5.74) is 0. The molecule has 0 spiro atoms. The third-order valence-corrected chi connectivity index (χ3v) is 2.75. The highest BCUT2D eigenvalue weighted by atomic mass is 16.3. The maximum Gasteiger partial charge on any atom is 0.117 e. The van der Waals surface area contributed by atoms with E-state index in [1.807, 2.05) is 0 Å². The average Bonchev–Trinajstić information content (AvgIpc) is 2.70. The molecule has 1 rings (SSSR count). The zero-order valence-corrected chi connectivity index (χ0v) is 10.9. The first-order valence-corrected chi connectivity index (χ1v) is 6.50. The Labute approximate surface area is 99.4 Å². The van der Waals surface area contributed by atoms with Crippen molar-refractivity contribution in [3.05, 3.63) is 23.7 Å². The topological polar surface area (TPSA) is 25.2 Å². The van der Waals surface area contributed by atoms with Crippen LogP contribution >= 0.6 is 0 Å². The van der Waals surface area contributed by atoms with Gasteiger partial charge in [-0.15, -0.1) is 0 Å². The first kappa shape index (κ1) is 13.3. The van der Waals surface area contributed by atoms with E-state index in [9.17, 15) is 0 Å². The summed E-state index contributed by atoms with van der Waals surface area (Å²) in [4.78, 5) is 0. The Morgan fingerprint density at radius 3 is 2.56 bits per heavy atom. The van der Waals surface area contributed by atoms with E-state index < -0.39 is 0 Å². The quantitative estimate of drug-likeness (QED) is 0.679. The van der Waals surface area contributed by atoms with Gasteiger partial charge in [0.2, 0.25) is 0 Å². The summed E-state index contributed by atoms with van der Waals surface area (Å²) in [7, 11) is 0. The Morgan fingerprint density at radius 2 is 1.94 bits per heavy atom. The summed E-state index contributed by atoms with van der Waals surface area (Å²) in [6.07, 6.45) is 4.90. The summed E-state index contributed by atoms with van der Waals surface area (Å²) in [5, 5.41) is 3.42. The monoisotopic (exact) mass is 223 g/mol. The number of unbranched alkanes of at least 4 members (excludes halogenated alkanes) is 1. The van der Waals surface area contributed by atoms with Crippen molar-refractivity contribution in [1.29, 1.82) is 0 Å². The Bertz CT molecular complexity index is 278. The van der Waals surface area contributed by atoms with Crippen LogP contribution in [-0.2, 0) is 13.0 Å². The number of hydrogen-bond donors (Lipinski definition) is 1. The molecular formula is C14H25NO. The molecule has 0 radical (unpaired) electrons. The second kappa shape index (κ2) is 7.50. The van der Waals surface area contributed by atoms with Crippen LogP contribution in [0, 0.1) is 5.92 Å².